The molecule has 0 aromatic carbocycles. The third-order valence-corrected chi connectivity index (χ3v) is 6.96. The van der Waals surface area contributed by atoms with Crippen LogP contribution in [-0.4, -0.2) is 41.6 Å². The quantitative estimate of drug-likeness (QED) is 0.117. The average molecular weight is 536 g/mol. The van der Waals surface area contributed by atoms with Crippen molar-refractivity contribution in [3.8, 4) is 0 Å². The molecule has 7 heteroatoms. The summed E-state index contributed by atoms with van der Waals surface area (Å²) >= 11 is 1.60. The topological polar surface area (TPSA) is 70.2 Å². The second-order valence-electron chi connectivity index (χ2n) is 9.13. The van der Waals surface area contributed by atoms with Crippen LogP contribution in [-0.2, 0) is 11.2 Å². The van der Waals surface area contributed by atoms with Gasteiger partial charge in [0.1, 0.15) is 0 Å². The van der Waals surface area contributed by atoms with Gasteiger partial charge in [0, 0.05) is 32.1 Å². The normalized spacial score (nSPS) is 12.2. The van der Waals surface area contributed by atoms with Gasteiger partial charge in [0.2, 0.25) is 5.91 Å². The summed E-state index contributed by atoms with van der Waals surface area (Å²) < 4.78 is 0. The van der Waals surface area contributed by atoms with Gasteiger partial charge >= 0.3 is 0 Å². The highest BCUT2D eigenvalue weighted by atomic mass is 32.2. The minimum absolute atomic E-state index is 0.0834. The van der Waals surface area contributed by atoms with E-state index in [4.69, 9.17) is 0 Å². The monoisotopic (exact) mass is 535 g/mol. The van der Waals surface area contributed by atoms with Gasteiger partial charge < -0.3 is 15.5 Å². The van der Waals surface area contributed by atoms with Gasteiger partial charge in [0.25, 0.3) is 0 Å². The highest BCUT2D eigenvalue weighted by Gasteiger charge is 2.11. The number of nitrogens with zero attached hydrogens (tertiary/aromatic N) is 3. The van der Waals surface area contributed by atoms with Gasteiger partial charge in [-0.25, -0.2) is 0 Å². The Morgan fingerprint density at radius 1 is 1.08 bits per heavy atom. The Morgan fingerprint density at radius 3 is 2.39 bits per heavy atom. The fourth-order valence-electron chi connectivity index (χ4n) is 3.41. The van der Waals surface area contributed by atoms with Gasteiger partial charge in [0.05, 0.1) is 10.7 Å². The molecule has 38 heavy (non-hydrogen) atoms. The van der Waals surface area contributed by atoms with Crippen molar-refractivity contribution in [2.45, 2.75) is 59.3 Å². The van der Waals surface area contributed by atoms with Crippen molar-refractivity contribution in [3.05, 3.63) is 101 Å². The van der Waals surface area contributed by atoms with Crippen molar-refractivity contribution in [2.75, 3.05) is 26.0 Å². The van der Waals surface area contributed by atoms with E-state index in [1.165, 1.54) is 5.57 Å². The Labute approximate surface area is 234 Å². The molecule has 0 bridgehead atoms. The molecule has 1 aromatic rings. The van der Waals surface area contributed by atoms with E-state index in [9.17, 15) is 4.79 Å². The maximum absolute atomic E-state index is 12.0. The number of rotatable bonds is 18. The lowest BCUT2D eigenvalue weighted by atomic mass is 10.1. The molecule has 0 saturated carbocycles. The molecule has 1 heterocycles. The van der Waals surface area contributed by atoms with Gasteiger partial charge in [-0.15, -0.1) is 5.10 Å². The van der Waals surface area contributed by atoms with E-state index in [-0.39, 0.29) is 5.91 Å². The van der Waals surface area contributed by atoms with Crippen molar-refractivity contribution in [1.82, 2.24) is 20.4 Å². The number of carbonyl (C=O) groups is 1. The van der Waals surface area contributed by atoms with E-state index in [0.717, 1.165) is 71.1 Å². The minimum Gasteiger partial charge on any atom is -0.343 e. The van der Waals surface area contributed by atoms with Gasteiger partial charge in [0.15, 0.2) is 5.82 Å². The highest BCUT2D eigenvalue weighted by molar-refractivity contribution is 8.06. The lowest BCUT2D eigenvalue weighted by molar-refractivity contribution is -0.115. The average Bonchev–Trinajstić information content (AvgIpc) is 2.90. The SMILES string of the molecule is C=C/C(=C\C(=C/C)CC(=C)N(C)C(=C)SC(=C)CCCCc1ccc(NC(=O)C/C(C)=C/C)nn1)CNC. The molecule has 0 unspecified atom stereocenters. The van der Waals surface area contributed by atoms with Crippen LogP contribution in [0.2, 0.25) is 0 Å². The van der Waals surface area contributed by atoms with Crippen LogP contribution in [0.4, 0.5) is 5.82 Å². The fourth-order valence-corrected chi connectivity index (χ4v) is 4.25. The van der Waals surface area contributed by atoms with Crippen LogP contribution < -0.4 is 10.6 Å². The van der Waals surface area contributed by atoms with E-state index in [1.54, 1.807) is 17.8 Å². The number of amides is 1. The molecule has 1 aromatic heterocycles. The van der Waals surface area contributed by atoms with Crippen LogP contribution in [0.15, 0.2) is 95.1 Å². The number of aryl methyl sites for hydroxylation is 1. The number of thioether (sulfide) groups is 1. The van der Waals surface area contributed by atoms with Crippen molar-refractivity contribution in [2.24, 2.45) is 0 Å². The number of nitrogens with one attached hydrogen (secondary N) is 2. The largest absolute Gasteiger partial charge is 0.343 e. The van der Waals surface area contributed by atoms with E-state index >= 15 is 0 Å². The van der Waals surface area contributed by atoms with Crippen LogP contribution in [0, 0.1) is 0 Å². The third kappa shape index (κ3) is 12.9. The highest BCUT2D eigenvalue weighted by Crippen LogP contribution is 2.31. The molecular weight excluding hydrogens is 490 g/mol. The molecule has 0 fully saturated rings. The van der Waals surface area contributed by atoms with Crippen LogP contribution >= 0.6 is 11.8 Å². The zero-order valence-corrected chi connectivity index (χ0v) is 24.7. The maximum atomic E-state index is 12.0. The van der Waals surface area contributed by atoms with Crippen molar-refractivity contribution in [3.63, 3.8) is 0 Å². The third-order valence-electron chi connectivity index (χ3n) is 5.96. The molecule has 0 saturated heterocycles. The Morgan fingerprint density at radius 2 is 1.82 bits per heavy atom. The number of anilines is 1. The van der Waals surface area contributed by atoms with Crippen LogP contribution in [0.1, 0.15) is 58.6 Å². The molecule has 206 valence electrons. The first kappa shape index (κ1) is 32.9. The molecule has 0 atom stereocenters. The van der Waals surface area contributed by atoms with Gasteiger partial charge in [-0.3, -0.25) is 4.79 Å². The summed E-state index contributed by atoms with van der Waals surface area (Å²) in [7, 11) is 3.92. The van der Waals surface area contributed by atoms with E-state index < -0.39 is 0 Å². The molecule has 1 amide bonds. The lowest BCUT2D eigenvalue weighted by Crippen LogP contribution is -2.14. The van der Waals surface area contributed by atoms with Crippen LogP contribution in [0.5, 0.6) is 0 Å². The molecule has 0 spiro atoms. The fraction of sp³-hybridized carbons (Fsp3) is 0.387. The predicted molar refractivity (Wildman–Crippen MR) is 166 cm³/mol. The molecule has 0 aliphatic heterocycles. The number of likely N-dealkylation sites (N-methyl/N-ethyl adjacent to an activating group) is 1. The summed E-state index contributed by atoms with van der Waals surface area (Å²) in [4.78, 5) is 15.1. The Hall–Kier alpha value is -3.16. The lowest BCUT2D eigenvalue weighted by Gasteiger charge is -2.24. The molecule has 1 rings (SSSR count). The molecular formula is C31H45N5OS. The molecule has 0 aliphatic carbocycles. The number of hydrogen-bond donors (Lipinski definition) is 2. The second-order valence-corrected chi connectivity index (χ2v) is 10.4. The zero-order valence-electron chi connectivity index (χ0n) is 23.9. The van der Waals surface area contributed by atoms with Gasteiger partial charge in [-0.2, -0.15) is 5.10 Å². The minimum atomic E-state index is -0.0834. The predicted octanol–water partition coefficient (Wildman–Crippen LogP) is 7.32. The number of allylic oxidation sites excluding steroid dienone is 5. The van der Waals surface area contributed by atoms with Crippen LogP contribution in [0.25, 0.3) is 0 Å². The number of aromatic nitrogens is 2. The summed E-state index contributed by atoms with van der Waals surface area (Å²) in [5.41, 5.74) is 5.23. The smallest absolute Gasteiger partial charge is 0.229 e. The summed E-state index contributed by atoms with van der Waals surface area (Å²) in [6.45, 7) is 23.3. The van der Waals surface area contributed by atoms with E-state index in [1.807, 2.05) is 58.0 Å². The van der Waals surface area contributed by atoms with Gasteiger partial charge in [-0.05, 0) is 81.7 Å². The molecule has 6 nitrogen and oxygen atoms in total. The second kappa shape index (κ2) is 18.2. The number of carbonyl (C=O) groups excluding carboxylic acids is 1. The van der Waals surface area contributed by atoms with E-state index in [2.05, 4.69) is 59.3 Å². The summed E-state index contributed by atoms with van der Waals surface area (Å²) in [6.07, 6.45) is 12.8. The first-order valence-electron chi connectivity index (χ1n) is 13.0. The van der Waals surface area contributed by atoms with Crippen molar-refractivity contribution in [1.29, 1.82) is 0 Å². The number of unbranched alkanes of at least 4 members (excludes halogenated alkanes) is 1. The Bertz CT molecular complexity index is 1070. The van der Waals surface area contributed by atoms with Crippen molar-refractivity contribution >= 4 is 23.5 Å². The summed E-state index contributed by atoms with van der Waals surface area (Å²) in [6, 6.07) is 3.72. The maximum Gasteiger partial charge on any atom is 0.229 e. The van der Waals surface area contributed by atoms with Gasteiger partial charge in [-0.1, -0.05) is 68.0 Å². The van der Waals surface area contributed by atoms with Crippen LogP contribution in [0.3, 0.4) is 0 Å². The molecule has 0 radical (unpaired) electrons. The van der Waals surface area contributed by atoms with Crippen molar-refractivity contribution < 1.29 is 4.79 Å². The first-order chi connectivity index (χ1) is 18.1. The molecule has 2 N–H and O–H groups in total. The summed E-state index contributed by atoms with van der Waals surface area (Å²) in [5.74, 6) is 0.397. The first-order valence-corrected chi connectivity index (χ1v) is 13.8. The summed E-state index contributed by atoms with van der Waals surface area (Å²) in [5, 5.41) is 15.2. The Balaban J connectivity index is 2.43. The Kier molecular flexibility index (Phi) is 15.7. The van der Waals surface area contributed by atoms with E-state index in [0.29, 0.717) is 12.2 Å². The number of hydrogen-bond acceptors (Lipinski definition) is 6. The standard InChI is InChI=1S/C31H45N5OS/c1-10-23(4)19-31(37)33-30-18-17-29(34-35-30)16-14-13-15-25(6)38-26(7)36(9)24(5)20-27(11-2)21-28(12-3)22-32-8/h10-12,17-18,21,32H,3,5-7,13-16,19-20,22H2,1-2,4,8-9H3,(H,33,35,37)/b23-10+,27-11-,28-21+. The zero-order chi connectivity index (χ0) is 28.5. The molecule has 0 aliphatic rings.